The number of hydrogen-bond donors (Lipinski definition) is 2. The number of nitrogens with zero attached hydrogens (tertiary/aromatic N) is 2. The lowest BCUT2D eigenvalue weighted by atomic mass is 10.2. The van der Waals surface area contributed by atoms with Crippen molar-refractivity contribution in [3.63, 3.8) is 0 Å². The molecule has 2 aromatic heterocycles. The largest absolute Gasteiger partial charge is 0.452 e. The van der Waals surface area contributed by atoms with E-state index in [9.17, 15) is 14.4 Å². The van der Waals surface area contributed by atoms with Crippen molar-refractivity contribution in [3.8, 4) is 0 Å². The Bertz CT molecular complexity index is 1170. The minimum absolute atomic E-state index is 0.178. The summed E-state index contributed by atoms with van der Waals surface area (Å²) in [5.74, 6) is -0.178. The molecule has 1 aliphatic carbocycles. The standard InChI is InChI=1S/C23H22N4O5S/c1-14-10-18(27-32-14)13-33-22-19(6-3-9-24-22)23(30)31-12-20(28)25-17-5-2-4-15(11-17)21(29)26-16-7-8-16/h2-6,9-11,16H,7-8,12-13H2,1H3,(H,25,28)(H,26,29). The van der Waals surface area contributed by atoms with Crippen molar-refractivity contribution in [2.45, 2.75) is 36.6 Å². The van der Waals surface area contributed by atoms with Gasteiger partial charge >= 0.3 is 5.97 Å². The number of carbonyl (C=O) groups is 3. The lowest BCUT2D eigenvalue weighted by Gasteiger charge is -2.10. The Morgan fingerprint density at radius 1 is 1.18 bits per heavy atom. The molecule has 33 heavy (non-hydrogen) atoms. The Balaban J connectivity index is 1.30. The van der Waals surface area contributed by atoms with Crippen molar-refractivity contribution in [2.75, 3.05) is 11.9 Å². The molecule has 1 aromatic carbocycles. The summed E-state index contributed by atoms with van der Waals surface area (Å²) in [6.45, 7) is 1.33. The molecular formula is C23H22N4O5S. The average Bonchev–Trinajstić information content (AvgIpc) is 3.54. The molecule has 2 amide bonds. The molecule has 1 saturated carbocycles. The van der Waals surface area contributed by atoms with E-state index in [0.29, 0.717) is 27.8 Å². The summed E-state index contributed by atoms with van der Waals surface area (Å²) in [4.78, 5) is 41.2. The number of pyridine rings is 1. The number of anilines is 1. The molecule has 0 spiro atoms. The van der Waals surface area contributed by atoms with Crippen LogP contribution in [0.1, 0.15) is 45.0 Å². The second kappa shape index (κ2) is 10.3. The summed E-state index contributed by atoms with van der Waals surface area (Å²) in [6.07, 6.45) is 3.56. The van der Waals surface area contributed by atoms with Crippen LogP contribution in [-0.4, -0.2) is 40.6 Å². The summed E-state index contributed by atoms with van der Waals surface area (Å²) in [7, 11) is 0. The van der Waals surface area contributed by atoms with Crippen molar-refractivity contribution in [2.24, 2.45) is 0 Å². The highest BCUT2D eigenvalue weighted by Crippen LogP contribution is 2.25. The third-order valence-corrected chi connectivity index (χ3v) is 5.72. The van der Waals surface area contributed by atoms with Gasteiger partial charge in [0, 0.05) is 35.3 Å². The zero-order valence-electron chi connectivity index (χ0n) is 17.9. The maximum atomic E-state index is 12.5. The fourth-order valence-corrected chi connectivity index (χ4v) is 3.79. The van der Waals surface area contributed by atoms with Crippen LogP contribution in [0.25, 0.3) is 0 Å². The van der Waals surface area contributed by atoms with Gasteiger partial charge in [0.15, 0.2) is 6.61 Å². The highest BCUT2D eigenvalue weighted by Gasteiger charge is 2.24. The third-order valence-electron chi connectivity index (χ3n) is 4.68. The van der Waals surface area contributed by atoms with Crippen molar-refractivity contribution >= 4 is 35.2 Å². The van der Waals surface area contributed by atoms with Gasteiger partial charge in [0.25, 0.3) is 11.8 Å². The summed E-state index contributed by atoms with van der Waals surface area (Å²) < 4.78 is 10.2. The predicted octanol–water partition coefficient (Wildman–Crippen LogP) is 3.36. The zero-order chi connectivity index (χ0) is 23.2. The molecule has 1 fully saturated rings. The van der Waals surface area contributed by atoms with Gasteiger partial charge in [-0.25, -0.2) is 9.78 Å². The van der Waals surface area contributed by atoms with E-state index < -0.39 is 18.5 Å². The van der Waals surface area contributed by atoms with E-state index in [1.165, 1.54) is 11.8 Å². The number of nitrogens with one attached hydrogen (secondary N) is 2. The number of ether oxygens (including phenoxy) is 1. The Kier molecular flexibility index (Phi) is 7.04. The van der Waals surface area contributed by atoms with E-state index in [1.54, 1.807) is 49.5 Å². The molecule has 2 N–H and O–H groups in total. The van der Waals surface area contributed by atoms with Crippen LogP contribution in [0.4, 0.5) is 5.69 Å². The first-order valence-corrected chi connectivity index (χ1v) is 11.3. The lowest BCUT2D eigenvalue weighted by Crippen LogP contribution is -2.25. The van der Waals surface area contributed by atoms with Crippen LogP contribution in [0, 0.1) is 6.92 Å². The molecule has 4 rings (SSSR count). The van der Waals surface area contributed by atoms with Crippen molar-refractivity contribution in [3.05, 3.63) is 71.2 Å². The first-order chi connectivity index (χ1) is 16.0. The second-order valence-electron chi connectivity index (χ2n) is 7.53. The average molecular weight is 467 g/mol. The van der Waals surface area contributed by atoms with Gasteiger partial charge in [-0.1, -0.05) is 23.0 Å². The molecule has 0 radical (unpaired) electrons. The van der Waals surface area contributed by atoms with Gasteiger partial charge in [0.1, 0.15) is 10.8 Å². The normalized spacial score (nSPS) is 12.8. The fourth-order valence-electron chi connectivity index (χ4n) is 2.93. The van der Waals surface area contributed by atoms with Crippen molar-refractivity contribution < 1.29 is 23.6 Å². The lowest BCUT2D eigenvalue weighted by molar-refractivity contribution is -0.119. The number of carbonyl (C=O) groups excluding carboxylic acids is 3. The first kappa shape index (κ1) is 22.5. The number of aromatic nitrogens is 2. The SMILES string of the molecule is Cc1cc(CSc2ncccc2C(=O)OCC(=O)Nc2cccc(C(=O)NC3CC3)c2)no1. The van der Waals surface area contributed by atoms with Crippen LogP contribution in [0.3, 0.4) is 0 Å². The second-order valence-corrected chi connectivity index (χ2v) is 8.49. The summed E-state index contributed by atoms with van der Waals surface area (Å²) in [5.41, 5.74) is 1.89. The quantitative estimate of drug-likeness (QED) is 0.363. The maximum absolute atomic E-state index is 12.5. The molecule has 1 aliphatic rings. The first-order valence-electron chi connectivity index (χ1n) is 10.4. The van der Waals surface area contributed by atoms with Crippen molar-refractivity contribution in [1.29, 1.82) is 0 Å². The molecule has 3 aromatic rings. The highest BCUT2D eigenvalue weighted by atomic mass is 32.2. The van der Waals surface area contributed by atoms with E-state index in [2.05, 4.69) is 20.8 Å². The van der Waals surface area contributed by atoms with Crippen molar-refractivity contribution in [1.82, 2.24) is 15.5 Å². The molecule has 0 aliphatic heterocycles. The topological polar surface area (TPSA) is 123 Å². The van der Waals surface area contributed by atoms with Gasteiger partial charge in [-0.15, -0.1) is 0 Å². The monoisotopic (exact) mass is 466 g/mol. The molecule has 2 heterocycles. The molecule has 9 nitrogen and oxygen atoms in total. The van der Waals surface area contributed by atoms with E-state index in [4.69, 9.17) is 9.26 Å². The van der Waals surface area contributed by atoms with Gasteiger partial charge in [-0.2, -0.15) is 0 Å². The van der Waals surface area contributed by atoms with Crippen LogP contribution in [0.2, 0.25) is 0 Å². The number of aryl methyl sites for hydroxylation is 1. The van der Waals surface area contributed by atoms with Gasteiger partial charge in [-0.3, -0.25) is 9.59 Å². The van der Waals surface area contributed by atoms with Crippen LogP contribution < -0.4 is 10.6 Å². The number of esters is 1. The molecule has 0 saturated heterocycles. The smallest absolute Gasteiger partial charge is 0.341 e. The number of rotatable bonds is 9. The number of benzene rings is 1. The molecule has 0 bridgehead atoms. The van der Waals surface area contributed by atoms with E-state index >= 15 is 0 Å². The number of amides is 2. The van der Waals surface area contributed by atoms with Gasteiger partial charge < -0.3 is 19.9 Å². The predicted molar refractivity (Wildman–Crippen MR) is 121 cm³/mol. The van der Waals surface area contributed by atoms with Crippen LogP contribution in [0.15, 0.2) is 58.2 Å². The van der Waals surface area contributed by atoms with E-state index in [-0.39, 0.29) is 17.5 Å². The van der Waals surface area contributed by atoms with E-state index in [1.807, 2.05) is 6.07 Å². The van der Waals surface area contributed by atoms with Gasteiger partial charge in [0.05, 0.1) is 11.3 Å². The minimum Gasteiger partial charge on any atom is -0.452 e. The van der Waals surface area contributed by atoms with Crippen LogP contribution >= 0.6 is 11.8 Å². The Morgan fingerprint density at radius 3 is 2.79 bits per heavy atom. The highest BCUT2D eigenvalue weighted by molar-refractivity contribution is 7.98. The molecule has 10 heteroatoms. The summed E-state index contributed by atoms with van der Waals surface area (Å²) >= 11 is 1.32. The summed E-state index contributed by atoms with van der Waals surface area (Å²) in [6, 6.07) is 11.9. The molecular weight excluding hydrogens is 444 g/mol. The maximum Gasteiger partial charge on any atom is 0.341 e. The Labute approximate surface area is 194 Å². The number of thioether (sulfide) groups is 1. The van der Waals surface area contributed by atoms with Gasteiger partial charge in [-0.05, 0) is 50.1 Å². The van der Waals surface area contributed by atoms with Gasteiger partial charge in [0.2, 0.25) is 0 Å². The minimum atomic E-state index is -0.658. The van der Waals surface area contributed by atoms with Crippen LogP contribution in [-0.2, 0) is 15.3 Å². The molecule has 170 valence electrons. The summed E-state index contributed by atoms with van der Waals surface area (Å²) in [5, 5.41) is 9.93. The van der Waals surface area contributed by atoms with Crippen LogP contribution in [0.5, 0.6) is 0 Å². The Morgan fingerprint density at radius 2 is 2.03 bits per heavy atom. The molecule has 0 atom stereocenters. The Hall–Kier alpha value is -3.66. The number of hydrogen-bond acceptors (Lipinski definition) is 8. The third kappa shape index (κ3) is 6.42. The van der Waals surface area contributed by atoms with E-state index in [0.717, 1.165) is 18.5 Å². The zero-order valence-corrected chi connectivity index (χ0v) is 18.7. The molecule has 0 unspecified atom stereocenters. The fraction of sp³-hybridized carbons (Fsp3) is 0.261.